The van der Waals surface area contributed by atoms with Gasteiger partial charge in [0, 0.05) is 12.6 Å². The predicted octanol–water partition coefficient (Wildman–Crippen LogP) is 4.26. The molecule has 0 atom stereocenters. The minimum Gasteiger partial charge on any atom is -0.377 e. The number of nitrogens with one attached hydrogen (secondary N) is 1. The molecule has 0 bridgehead atoms. The number of nitro groups is 1. The highest BCUT2D eigenvalue weighted by atomic mass is 19.2. The molecule has 0 aliphatic carbocycles. The van der Waals surface area contributed by atoms with Gasteiger partial charge in [0.25, 0.3) is 5.69 Å². The van der Waals surface area contributed by atoms with E-state index in [0.717, 1.165) is 44.2 Å². The van der Waals surface area contributed by atoms with Crippen molar-refractivity contribution in [3.63, 3.8) is 0 Å². The smallest absolute Gasteiger partial charge is 0.295 e. The number of nitrogens with zero attached hydrogens (tertiary/aromatic N) is 1. The van der Waals surface area contributed by atoms with Gasteiger partial charge in [-0.25, -0.2) is 8.78 Å². The lowest BCUT2D eigenvalue weighted by molar-refractivity contribution is -0.384. The molecule has 1 aromatic carbocycles. The van der Waals surface area contributed by atoms with E-state index in [1.165, 1.54) is 0 Å². The Morgan fingerprint density at radius 2 is 1.89 bits per heavy atom. The van der Waals surface area contributed by atoms with Gasteiger partial charge in [0.2, 0.25) is 0 Å². The van der Waals surface area contributed by atoms with Gasteiger partial charge in [0.05, 0.1) is 4.92 Å². The monoisotopic (exact) mass is 272 g/mol. The first-order chi connectivity index (χ1) is 9.07. The van der Waals surface area contributed by atoms with Gasteiger partial charge in [0.15, 0.2) is 17.3 Å². The van der Waals surface area contributed by atoms with E-state index in [9.17, 15) is 18.9 Å². The number of benzene rings is 1. The first kappa shape index (κ1) is 15.3. The fourth-order valence-electron chi connectivity index (χ4n) is 1.80. The maximum Gasteiger partial charge on any atom is 0.295 e. The number of unbranched alkanes of at least 4 members (excludes halogenated alkanes) is 4. The van der Waals surface area contributed by atoms with Gasteiger partial charge in [-0.15, -0.1) is 0 Å². The van der Waals surface area contributed by atoms with Crippen molar-refractivity contribution in [2.45, 2.75) is 39.0 Å². The van der Waals surface area contributed by atoms with E-state index in [2.05, 4.69) is 12.2 Å². The molecule has 0 spiro atoms. The molecular formula is C13H18F2N2O2. The van der Waals surface area contributed by atoms with Crippen LogP contribution in [-0.4, -0.2) is 11.5 Å². The molecular weight excluding hydrogens is 254 g/mol. The highest BCUT2D eigenvalue weighted by molar-refractivity contribution is 5.62. The van der Waals surface area contributed by atoms with Crippen molar-refractivity contribution in [1.82, 2.24) is 0 Å². The van der Waals surface area contributed by atoms with Crippen LogP contribution < -0.4 is 5.32 Å². The third kappa shape index (κ3) is 4.46. The summed E-state index contributed by atoms with van der Waals surface area (Å²) in [5.74, 6) is -2.28. The van der Waals surface area contributed by atoms with Gasteiger partial charge in [0.1, 0.15) is 0 Å². The molecule has 0 unspecified atom stereocenters. The molecule has 0 radical (unpaired) electrons. The number of halogens is 2. The summed E-state index contributed by atoms with van der Waals surface area (Å²) < 4.78 is 26.6. The number of nitro benzene ring substituents is 1. The topological polar surface area (TPSA) is 55.2 Å². The van der Waals surface area contributed by atoms with Crippen molar-refractivity contribution >= 4 is 11.4 Å². The summed E-state index contributed by atoms with van der Waals surface area (Å²) in [6.45, 7) is 2.49. The van der Waals surface area contributed by atoms with Crippen LogP contribution in [0.1, 0.15) is 39.0 Å². The van der Waals surface area contributed by atoms with E-state index in [1.54, 1.807) is 0 Å². The highest BCUT2D eigenvalue weighted by Crippen LogP contribution is 2.29. The van der Waals surface area contributed by atoms with Crippen molar-refractivity contribution in [2.75, 3.05) is 11.9 Å². The number of rotatable bonds is 8. The van der Waals surface area contributed by atoms with E-state index in [-0.39, 0.29) is 5.69 Å². The standard InChI is InChI=1S/C13H18F2N2O2/c1-2-3-4-5-6-9-16-13-11(17(18)19)8-7-10(14)12(13)15/h7-8,16H,2-6,9H2,1H3. The second-order valence-corrected chi connectivity index (χ2v) is 4.35. The minimum atomic E-state index is -1.19. The molecule has 0 heterocycles. The van der Waals surface area contributed by atoms with Gasteiger partial charge in [-0.05, 0) is 12.5 Å². The van der Waals surface area contributed by atoms with Crippen LogP contribution in [0.3, 0.4) is 0 Å². The van der Waals surface area contributed by atoms with Crippen molar-refractivity contribution in [3.8, 4) is 0 Å². The molecule has 0 saturated carbocycles. The van der Waals surface area contributed by atoms with Crippen LogP contribution in [0.15, 0.2) is 12.1 Å². The van der Waals surface area contributed by atoms with Crippen molar-refractivity contribution in [3.05, 3.63) is 33.9 Å². The van der Waals surface area contributed by atoms with Crippen molar-refractivity contribution in [1.29, 1.82) is 0 Å². The molecule has 0 amide bonds. The molecule has 0 saturated heterocycles. The van der Waals surface area contributed by atoms with E-state index in [4.69, 9.17) is 0 Å². The Hall–Kier alpha value is -1.72. The molecule has 0 aromatic heterocycles. The fraction of sp³-hybridized carbons (Fsp3) is 0.538. The van der Waals surface area contributed by atoms with Gasteiger partial charge in [-0.2, -0.15) is 0 Å². The lowest BCUT2D eigenvalue weighted by atomic mass is 10.1. The Labute approximate surface area is 111 Å². The lowest BCUT2D eigenvalue weighted by Gasteiger charge is -2.08. The van der Waals surface area contributed by atoms with Crippen molar-refractivity contribution in [2.24, 2.45) is 0 Å². The maximum absolute atomic E-state index is 13.5. The van der Waals surface area contributed by atoms with Gasteiger partial charge in [-0.3, -0.25) is 10.1 Å². The number of hydrogen-bond acceptors (Lipinski definition) is 3. The van der Waals surface area contributed by atoms with E-state index in [1.807, 2.05) is 0 Å². The molecule has 1 N–H and O–H groups in total. The SMILES string of the molecule is CCCCCCCNc1c([N+](=O)[O-])ccc(F)c1F. The zero-order valence-corrected chi connectivity index (χ0v) is 10.9. The number of hydrogen-bond donors (Lipinski definition) is 1. The third-order valence-electron chi connectivity index (χ3n) is 2.85. The second kappa shape index (κ2) is 7.66. The molecule has 0 aliphatic heterocycles. The molecule has 0 fully saturated rings. The highest BCUT2D eigenvalue weighted by Gasteiger charge is 2.20. The van der Waals surface area contributed by atoms with Crippen LogP contribution >= 0.6 is 0 Å². The Bertz CT molecular complexity index is 439. The Morgan fingerprint density at radius 1 is 1.21 bits per heavy atom. The molecule has 6 heteroatoms. The minimum absolute atomic E-state index is 0.361. The van der Waals surface area contributed by atoms with Gasteiger partial charge < -0.3 is 5.32 Å². The summed E-state index contributed by atoms with van der Waals surface area (Å²) in [6.07, 6.45) is 5.07. The summed E-state index contributed by atoms with van der Waals surface area (Å²) in [4.78, 5) is 10.0. The zero-order valence-electron chi connectivity index (χ0n) is 10.9. The first-order valence-corrected chi connectivity index (χ1v) is 6.44. The molecule has 4 nitrogen and oxygen atoms in total. The third-order valence-corrected chi connectivity index (χ3v) is 2.85. The molecule has 106 valence electrons. The van der Waals surface area contributed by atoms with E-state index >= 15 is 0 Å². The summed E-state index contributed by atoms with van der Waals surface area (Å²) in [7, 11) is 0. The quantitative estimate of drug-likeness (QED) is 0.437. The first-order valence-electron chi connectivity index (χ1n) is 6.44. The fourth-order valence-corrected chi connectivity index (χ4v) is 1.80. The summed E-state index contributed by atoms with van der Waals surface area (Å²) >= 11 is 0. The largest absolute Gasteiger partial charge is 0.377 e. The van der Waals surface area contributed by atoms with Gasteiger partial charge in [-0.1, -0.05) is 32.6 Å². The van der Waals surface area contributed by atoms with E-state index in [0.29, 0.717) is 6.54 Å². The van der Waals surface area contributed by atoms with E-state index < -0.39 is 22.2 Å². The average Bonchev–Trinajstić information content (AvgIpc) is 2.38. The van der Waals surface area contributed by atoms with Crippen LogP contribution in [0.5, 0.6) is 0 Å². The maximum atomic E-state index is 13.5. The Kier molecular flexibility index (Phi) is 6.18. The lowest BCUT2D eigenvalue weighted by Crippen LogP contribution is -2.07. The van der Waals surface area contributed by atoms with Crippen LogP contribution in [-0.2, 0) is 0 Å². The Balaban J connectivity index is 2.61. The van der Waals surface area contributed by atoms with Crippen LogP contribution in [0.2, 0.25) is 0 Å². The molecule has 1 aromatic rings. The van der Waals surface area contributed by atoms with Crippen molar-refractivity contribution < 1.29 is 13.7 Å². The zero-order chi connectivity index (χ0) is 14.3. The van der Waals surface area contributed by atoms with Crippen LogP contribution in [0.25, 0.3) is 0 Å². The molecule has 0 aliphatic rings. The Morgan fingerprint density at radius 3 is 2.53 bits per heavy atom. The number of anilines is 1. The molecule has 19 heavy (non-hydrogen) atoms. The summed E-state index contributed by atoms with van der Waals surface area (Å²) in [6, 6.07) is 1.73. The summed E-state index contributed by atoms with van der Waals surface area (Å²) in [5.41, 5.74) is -0.798. The van der Waals surface area contributed by atoms with Crippen LogP contribution in [0, 0.1) is 21.7 Å². The van der Waals surface area contributed by atoms with Gasteiger partial charge >= 0.3 is 0 Å². The molecule has 1 rings (SSSR count). The predicted molar refractivity (Wildman–Crippen MR) is 70.3 cm³/mol. The second-order valence-electron chi connectivity index (χ2n) is 4.35. The summed E-state index contributed by atoms with van der Waals surface area (Å²) in [5, 5.41) is 13.4. The van der Waals surface area contributed by atoms with Crippen LogP contribution in [0.4, 0.5) is 20.2 Å². The normalized spacial score (nSPS) is 10.5. The average molecular weight is 272 g/mol.